The largest absolute Gasteiger partial charge is 0.507 e. The maximum absolute atomic E-state index is 14.8. The molecule has 7 rings (SSSR count). The van der Waals surface area contributed by atoms with Crippen LogP contribution < -0.4 is 48.7 Å². The number of ether oxygens (including phenoxy) is 4. The van der Waals surface area contributed by atoms with E-state index in [4.69, 9.17) is 49.6 Å². The zero-order valence-corrected chi connectivity index (χ0v) is 92.9. The van der Waals surface area contributed by atoms with Crippen molar-refractivity contribution in [3.05, 3.63) is 111 Å². The molecule has 3 aliphatic heterocycles. The lowest BCUT2D eigenvalue weighted by atomic mass is 9.95. The summed E-state index contributed by atoms with van der Waals surface area (Å²) in [5, 5.41) is 50.9. The van der Waals surface area contributed by atoms with E-state index in [2.05, 4.69) is 98.5 Å². The molecule has 0 bridgehead atoms. The highest BCUT2D eigenvalue weighted by molar-refractivity contribution is 14.1. The van der Waals surface area contributed by atoms with Crippen molar-refractivity contribution in [2.75, 3.05) is 184 Å². The normalized spacial score (nSPS) is 18.2. The van der Waals surface area contributed by atoms with Crippen molar-refractivity contribution in [2.45, 2.75) is 235 Å². The summed E-state index contributed by atoms with van der Waals surface area (Å²) < 4.78 is 22.8. The number of phenols is 1. The maximum Gasteiger partial charge on any atom is 0.373 e. The predicted octanol–water partition coefficient (Wildman–Crippen LogP) is 3.38. The van der Waals surface area contributed by atoms with Crippen LogP contribution >= 0.6 is 22.6 Å². The van der Waals surface area contributed by atoms with Crippen molar-refractivity contribution in [1.29, 1.82) is 0 Å². The first-order valence-electron chi connectivity index (χ1n) is 50.5. The summed E-state index contributed by atoms with van der Waals surface area (Å²) in [5.74, 6) is -8.91. The van der Waals surface area contributed by atoms with E-state index in [1.54, 1.807) is 82.8 Å². The van der Waals surface area contributed by atoms with E-state index < -0.39 is 125 Å². The van der Waals surface area contributed by atoms with Gasteiger partial charge >= 0.3 is 48.1 Å². The molecule has 3 saturated heterocycles. The molecular weight excluding hydrogens is 2050 g/mol. The molecule has 3 fully saturated rings. The van der Waals surface area contributed by atoms with E-state index >= 15 is 0 Å². The topological polar surface area (TPSA) is 583 Å². The van der Waals surface area contributed by atoms with Gasteiger partial charge in [0, 0.05) is 169 Å². The number of nitrogens with one attached hydrogen (secondary N) is 7. The van der Waals surface area contributed by atoms with E-state index in [1.165, 1.54) is 18.0 Å². The predicted molar refractivity (Wildman–Crippen MR) is 568 cm³/mol. The molecule has 0 radical (unpaired) electrons. The van der Waals surface area contributed by atoms with Gasteiger partial charge in [-0.25, -0.2) is 0 Å². The summed E-state index contributed by atoms with van der Waals surface area (Å²) in [4.78, 5) is 243. The molecular formula is C105H162IN19O25. The van der Waals surface area contributed by atoms with Crippen molar-refractivity contribution < 1.29 is 121 Å². The van der Waals surface area contributed by atoms with Crippen molar-refractivity contribution in [3.8, 4) is 5.75 Å². The zero-order chi connectivity index (χ0) is 113. The Kier molecular flexibility index (Phi) is 55.5. The Morgan fingerprint density at radius 3 is 1.31 bits per heavy atom. The van der Waals surface area contributed by atoms with Gasteiger partial charge in [-0.15, -0.1) is 0 Å². The third-order valence-corrected chi connectivity index (χ3v) is 23.9. The smallest absolute Gasteiger partial charge is 0.373 e. The van der Waals surface area contributed by atoms with Crippen LogP contribution in [-0.4, -0.2) is 397 Å². The molecule has 44 nitrogen and oxygen atoms in total. The number of hydrogen-bond acceptors (Lipinski definition) is 32. The molecule has 150 heavy (non-hydrogen) atoms. The Hall–Kier alpha value is -12.0. The van der Waals surface area contributed by atoms with Crippen LogP contribution in [0.15, 0.2) is 89.9 Å². The fourth-order valence-corrected chi connectivity index (χ4v) is 17.1. The van der Waals surface area contributed by atoms with Gasteiger partial charge in [-0.3, -0.25) is 102 Å². The minimum atomic E-state index is -1.30. The number of fused-ring (bicyclic) bond motifs is 1. The van der Waals surface area contributed by atoms with Crippen LogP contribution in [0.5, 0.6) is 5.75 Å². The number of aromatic hydroxyl groups is 1. The number of amides is 8. The van der Waals surface area contributed by atoms with Crippen LogP contribution in [0.4, 0.5) is 0 Å². The summed E-state index contributed by atoms with van der Waals surface area (Å²) in [7, 11) is 1.39. The summed E-state index contributed by atoms with van der Waals surface area (Å²) in [6.45, 7) is 44.5. The van der Waals surface area contributed by atoms with Crippen LogP contribution in [0.1, 0.15) is 190 Å². The SMILES string of the molecule is CC(C)(C)OC(=O)CN1CCN(CC(=O)O)CCN(CC(=O)OC(C)(C)C)CCN(CC(=O)OC(C)(C)C)CC1.CN1C(=O)[C@@H](Cc2ccc(O)c(I)c2)NC(=O)CNC(=O)[C@H](Cc2ccc3ccccc3c2)NC(=O)[C@H](CCCN=C(N)N)NC(=O)[C@H]1CCCNC(=O)c1ccc(CNC(=O)C(CCC(=O)O)NC(=O)CN2CCN(CC(=O)OC(C)(C)C)CCN(CC(C)(C)C)CCN(CC(C)(C)C)CC2)cc1.O=C=O.O=C=O. The van der Waals surface area contributed by atoms with Crippen LogP contribution in [-0.2, 0) is 120 Å². The van der Waals surface area contributed by atoms with E-state index in [-0.39, 0.29) is 168 Å². The van der Waals surface area contributed by atoms with E-state index in [0.29, 0.717) is 105 Å². The average molecular weight is 2220 g/mol. The minimum absolute atomic E-state index is 0.00105. The van der Waals surface area contributed by atoms with Crippen molar-refractivity contribution in [2.24, 2.45) is 27.3 Å². The Morgan fingerprint density at radius 1 is 0.473 bits per heavy atom. The first-order chi connectivity index (χ1) is 70.0. The highest BCUT2D eigenvalue weighted by Crippen LogP contribution is 2.26. The second-order valence-electron chi connectivity index (χ2n) is 43.9. The Labute approximate surface area is 894 Å². The molecule has 4 aromatic rings. The number of aliphatic imine (C=N–C) groups is 1. The highest BCUT2D eigenvalue weighted by atomic mass is 127. The number of carboxylic acid groups (broad SMARTS) is 2. The molecule has 0 aromatic heterocycles. The third-order valence-electron chi connectivity index (χ3n) is 23.1. The number of rotatable bonds is 34. The van der Waals surface area contributed by atoms with E-state index in [1.807, 2.05) is 126 Å². The van der Waals surface area contributed by atoms with Gasteiger partial charge in [0.2, 0.25) is 41.4 Å². The number of halogens is 1. The average Bonchev–Trinajstić information content (AvgIpc) is 1.70. The number of nitrogens with zero attached hydrogens (tertiary/aromatic N) is 10. The summed E-state index contributed by atoms with van der Waals surface area (Å²) in [6.07, 6.45) is 0.0765. The van der Waals surface area contributed by atoms with Gasteiger partial charge in [-0.1, -0.05) is 102 Å². The maximum atomic E-state index is 14.8. The monoisotopic (exact) mass is 2220 g/mol. The van der Waals surface area contributed by atoms with Gasteiger partial charge in [0.1, 0.15) is 58.4 Å². The summed E-state index contributed by atoms with van der Waals surface area (Å²) in [6, 6.07) is 18.0. The summed E-state index contributed by atoms with van der Waals surface area (Å²) >= 11 is 1.94. The Morgan fingerprint density at radius 2 is 0.880 bits per heavy atom. The number of guanidine groups is 1. The van der Waals surface area contributed by atoms with E-state index in [9.17, 15) is 82.4 Å². The Bertz CT molecular complexity index is 5110. The first kappa shape index (κ1) is 130. The lowest BCUT2D eigenvalue weighted by Gasteiger charge is -2.37. The molecule has 0 aliphatic carbocycles. The number of aliphatic carboxylic acids is 2. The zero-order valence-electron chi connectivity index (χ0n) is 90.8. The van der Waals surface area contributed by atoms with Gasteiger partial charge < -0.3 is 97.7 Å². The molecule has 5 atom stereocenters. The number of likely N-dealkylation sites (N-methyl/N-ethyl adjacent to an activating group) is 1. The minimum Gasteiger partial charge on any atom is -0.507 e. The highest BCUT2D eigenvalue weighted by Gasteiger charge is 2.38. The fraction of sp³-hybridized carbons (Fsp3) is 0.629. The molecule has 14 N–H and O–H groups in total. The van der Waals surface area contributed by atoms with Gasteiger partial charge in [0.05, 0.1) is 49.4 Å². The number of carboxylic acids is 2. The molecule has 3 heterocycles. The number of hydrogen-bond donors (Lipinski definition) is 12. The summed E-state index contributed by atoms with van der Waals surface area (Å²) in [5.41, 5.74) is 10.8. The molecule has 45 heteroatoms. The lowest BCUT2D eigenvalue weighted by molar-refractivity contribution is -0.193. The van der Waals surface area contributed by atoms with Crippen LogP contribution in [0.3, 0.4) is 0 Å². The number of nitrogens with two attached hydrogens (primary N) is 2. The van der Waals surface area contributed by atoms with Gasteiger partial charge in [-0.2, -0.15) is 19.2 Å². The molecule has 8 amide bonds. The second-order valence-corrected chi connectivity index (χ2v) is 45.0. The standard InChI is InChI=1S/C75H110IN15O13.C28H52N4O8.2CO2/c1-73(2,3)47-90-35-33-88(31-32-89(46-65(97)104-75(7,8)9)34-36-91(38-37-90)48-74(4,5)6)45-63(94)83-57(26-28-64(95)96)67(99)81-43-49-19-24-53(25-20-49)66(98)79-29-14-18-60-70(102)85-56(17-13-30-80-72(77)78)69(101)86-58(41-50-21-23-52-15-11-12-16-54(52)39-50)68(100)82-44-62(93)84-59(71(103)87(60)10)42-51-22-27-61(92)55(76)40-51;1-26(2,3)38-23(35)19-30-12-10-29(18-22(33)34)11-13-31(20-24(36)39-27(4,5)6)15-17-32(16-14-30)21-25(37)40-28(7,8)9;2*2-1-3/h11-12,15-16,19-25,27,39-40,56-60,92H,13-14,17-18,26,28-38,41-48H2,1-10H3,(H,79,98)(H,81,99)(H,82,100)(H,83,94)(H,84,93)(H,85,102)(H,86,101)(H,95,96)(H4,77,78,80);10-21H2,1-9H3,(H,33,34);;/t56-,57?,58-,59+,60+;;;/m0.../s1. The van der Waals surface area contributed by atoms with Crippen molar-refractivity contribution >= 4 is 135 Å². The van der Waals surface area contributed by atoms with Crippen LogP contribution in [0.25, 0.3) is 10.8 Å². The second kappa shape index (κ2) is 64.0. The number of esters is 4. The molecule has 4 aromatic carbocycles. The fourth-order valence-electron chi connectivity index (χ4n) is 16.5. The van der Waals surface area contributed by atoms with Crippen molar-refractivity contribution in [1.82, 2.24) is 81.3 Å². The van der Waals surface area contributed by atoms with E-state index in [0.717, 1.165) is 43.5 Å². The van der Waals surface area contributed by atoms with Crippen LogP contribution in [0, 0.1) is 14.4 Å². The molecule has 3 aliphatic rings. The Balaban J connectivity index is 0.000000845. The third kappa shape index (κ3) is 56.2. The van der Waals surface area contributed by atoms with Crippen LogP contribution in [0.2, 0.25) is 0 Å². The lowest BCUT2D eigenvalue weighted by Crippen LogP contribution is -2.58. The van der Waals surface area contributed by atoms with Crippen molar-refractivity contribution in [3.63, 3.8) is 0 Å². The molecule has 0 saturated carbocycles. The number of phenolic OH excluding ortho intramolecular Hbond substituents is 1. The first-order valence-corrected chi connectivity index (χ1v) is 51.6. The number of benzene rings is 4. The quantitative estimate of drug-likeness (QED) is 0.00796. The molecule has 1 unspecified atom stereocenters. The molecule has 834 valence electrons. The number of carbonyl (C=O) groups excluding carboxylic acids is 16. The van der Waals surface area contributed by atoms with Gasteiger partial charge in [0.15, 0.2) is 5.96 Å². The van der Waals surface area contributed by atoms with Gasteiger partial charge in [0.25, 0.3) is 5.91 Å². The van der Waals surface area contributed by atoms with Gasteiger partial charge in [-0.05, 0) is 200 Å². The number of carbonyl (C=O) groups is 14. The molecule has 0 spiro atoms.